The highest BCUT2D eigenvalue weighted by Crippen LogP contribution is 2.31. The van der Waals surface area contributed by atoms with Gasteiger partial charge in [0.05, 0.1) is 25.6 Å². The van der Waals surface area contributed by atoms with Crippen molar-refractivity contribution in [3.8, 4) is 28.4 Å². The number of benzene rings is 2. The standard InChI is InChI=1S/C25H31N5O4/c1-6-26-25(32)29(17(2)3)16-23(31)28-24-27-20(18-10-8-7-9-11-18)15-30(24)19-12-13-21(33-4)22(14-19)34-5/h7-15,17H,6,16H2,1-5H3,(H,26,32)(H,27,28,31). The van der Waals surface area contributed by atoms with Crippen LogP contribution in [-0.2, 0) is 4.79 Å². The van der Waals surface area contributed by atoms with Crippen LogP contribution in [0.15, 0.2) is 54.7 Å². The van der Waals surface area contributed by atoms with Gasteiger partial charge in [-0.15, -0.1) is 0 Å². The van der Waals surface area contributed by atoms with Crippen LogP contribution >= 0.6 is 0 Å². The molecule has 1 aromatic heterocycles. The molecule has 0 unspecified atom stereocenters. The van der Waals surface area contributed by atoms with E-state index in [-0.39, 0.29) is 24.5 Å². The van der Waals surface area contributed by atoms with Crippen molar-refractivity contribution in [1.82, 2.24) is 19.8 Å². The normalized spacial score (nSPS) is 10.6. The molecule has 3 amide bonds. The molecule has 0 spiro atoms. The number of ether oxygens (including phenoxy) is 2. The molecule has 0 saturated heterocycles. The van der Waals surface area contributed by atoms with Gasteiger partial charge >= 0.3 is 6.03 Å². The fourth-order valence-electron chi connectivity index (χ4n) is 3.45. The number of hydrogen-bond acceptors (Lipinski definition) is 5. The van der Waals surface area contributed by atoms with E-state index in [0.29, 0.717) is 29.7 Å². The molecule has 2 N–H and O–H groups in total. The number of urea groups is 1. The van der Waals surface area contributed by atoms with Gasteiger partial charge in [0.2, 0.25) is 11.9 Å². The van der Waals surface area contributed by atoms with E-state index < -0.39 is 0 Å². The molecule has 180 valence electrons. The lowest BCUT2D eigenvalue weighted by Gasteiger charge is -2.26. The summed E-state index contributed by atoms with van der Waals surface area (Å²) in [6.45, 7) is 5.93. The van der Waals surface area contributed by atoms with E-state index in [2.05, 4.69) is 15.6 Å². The van der Waals surface area contributed by atoms with Crippen molar-refractivity contribution in [2.45, 2.75) is 26.8 Å². The molecule has 3 aromatic rings. The highest BCUT2D eigenvalue weighted by Gasteiger charge is 2.21. The van der Waals surface area contributed by atoms with Gasteiger partial charge in [-0.05, 0) is 32.9 Å². The molecule has 0 aliphatic carbocycles. The average Bonchev–Trinajstić information content (AvgIpc) is 3.26. The molecular formula is C25H31N5O4. The van der Waals surface area contributed by atoms with Crippen molar-refractivity contribution in [3.05, 3.63) is 54.7 Å². The second-order valence-corrected chi connectivity index (χ2v) is 7.83. The fourth-order valence-corrected chi connectivity index (χ4v) is 3.45. The van der Waals surface area contributed by atoms with Crippen molar-refractivity contribution < 1.29 is 19.1 Å². The lowest BCUT2D eigenvalue weighted by molar-refractivity contribution is -0.117. The van der Waals surface area contributed by atoms with Gasteiger partial charge in [-0.2, -0.15) is 0 Å². The number of methoxy groups -OCH3 is 2. The monoisotopic (exact) mass is 465 g/mol. The molecule has 0 bridgehead atoms. The van der Waals surface area contributed by atoms with E-state index in [1.165, 1.54) is 4.90 Å². The van der Waals surface area contributed by atoms with E-state index >= 15 is 0 Å². The average molecular weight is 466 g/mol. The van der Waals surface area contributed by atoms with E-state index in [4.69, 9.17) is 9.47 Å². The zero-order chi connectivity index (χ0) is 24.7. The molecular weight excluding hydrogens is 434 g/mol. The quantitative estimate of drug-likeness (QED) is 0.499. The van der Waals surface area contributed by atoms with Crippen LogP contribution in [0.2, 0.25) is 0 Å². The second-order valence-electron chi connectivity index (χ2n) is 7.83. The Bertz CT molecular complexity index is 1130. The molecule has 2 aromatic carbocycles. The number of aromatic nitrogens is 2. The summed E-state index contributed by atoms with van der Waals surface area (Å²) in [5, 5.41) is 5.61. The zero-order valence-electron chi connectivity index (χ0n) is 20.2. The van der Waals surface area contributed by atoms with E-state index in [0.717, 1.165) is 11.3 Å². The van der Waals surface area contributed by atoms with Crippen LogP contribution in [0.5, 0.6) is 11.5 Å². The van der Waals surface area contributed by atoms with Gasteiger partial charge in [-0.1, -0.05) is 30.3 Å². The van der Waals surface area contributed by atoms with Gasteiger partial charge in [0.15, 0.2) is 11.5 Å². The molecule has 0 aliphatic heterocycles. The minimum Gasteiger partial charge on any atom is -0.493 e. The van der Waals surface area contributed by atoms with Gasteiger partial charge < -0.3 is 19.7 Å². The third-order valence-corrected chi connectivity index (χ3v) is 5.20. The Balaban J connectivity index is 1.96. The molecule has 9 heteroatoms. The largest absolute Gasteiger partial charge is 0.493 e. The van der Waals surface area contributed by atoms with Gasteiger partial charge in [0.1, 0.15) is 6.54 Å². The first-order chi connectivity index (χ1) is 16.4. The molecule has 0 saturated carbocycles. The SMILES string of the molecule is CCNC(=O)N(CC(=O)Nc1nc(-c2ccccc2)cn1-c1ccc(OC)c(OC)c1)C(C)C. The maximum Gasteiger partial charge on any atom is 0.318 e. The number of carbonyl (C=O) groups is 2. The first kappa shape index (κ1) is 24.6. The summed E-state index contributed by atoms with van der Waals surface area (Å²) >= 11 is 0. The van der Waals surface area contributed by atoms with Gasteiger partial charge in [-0.3, -0.25) is 14.7 Å². The Morgan fingerprint density at radius 2 is 1.76 bits per heavy atom. The highest BCUT2D eigenvalue weighted by atomic mass is 16.5. The number of amides is 3. The topological polar surface area (TPSA) is 97.7 Å². The lowest BCUT2D eigenvalue weighted by Crippen LogP contribution is -2.47. The van der Waals surface area contributed by atoms with Crippen LogP contribution < -0.4 is 20.1 Å². The second kappa shape index (κ2) is 11.2. The summed E-state index contributed by atoms with van der Waals surface area (Å²) < 4.78 is 12.6. The predicted molar refractivity (Wildman–Crippen MR) is 132 cm³/mol. The number of carbonyl (C=O) groups excluding carboxylic acids is 2. The number of hydrogen-bond donors (Lipinski definition) is 2. The minimum absolute atomic E-state index is 0.108. The molecule has 9 nitrogen and oxygen atoms in total. The number of nitrogens with zero attached hydrogens (tertiary/aromatic N) is 3. The van der Waals surface area contributed by atoms with Crippen LogP contribution in [0.1, 0.15) is 20.8 Å². The molecule has 0 fully saturated rings. The Morgan fingerprint density at radius 1 is 1.06 bits per heavy atom. The van der Waals surface area contributed by atoms with Crippen molar-refractivity contribution >= 4 is 17.9 Å². The molecule has 0 aliphatic rings. The Kier molecular flexibility index (Phi) is 8.13. The smallest absolute Gasteiger partial charge is 0.318 e. The Hall–Kier alpha value is -4.01. The summed E-state index contributed by atoms with van der Waals surface area (Å²) in [6, 6.07) is 14.7. The van der Waals surface area contributed by atoms with Gasteiger partial charge in [0, 0.05) is 30.4 Å². The van der Waals surface area contributed by atoms with Crippen LogP contribution in [0.3, 0.4) is 0 Å². The van der Waals surface area contributed by atoms with E-state index in [1.807, 2.05) is 63.4 Å². The summed E-state index contributed by atoms with van der Waals surface area (Å²) in [4.78, 5) is 31.5. The van der Waals surface area contributed by atoms with Crippen molar-refractivity contribution in [3.63, 3.8) is 0 Å². The minimum atomic E-state index is -0.355. The first-order valence-corrected chi connectivity index (χ1v) is 11.1. The summed E-state index contributed by atoms with van der Waals surface area (Å²) in [5.41, 5.74) is 2.32. The maximum atomic E-state index is 13.0. The lowest BCUT2D eigenvalue weighted by atomic mass is 10.2. The summed E-state index contributed by atoms with van der Waals surface area (Å²) in [6.07, 6.45) is 1.84. The van der Waals surface area contributed by atoms with Crippen LogP contribution in [0.25, 0.3) is 16.9 Å². The van der Waals surface area contributed by atoms with Crippen LogP contribution in [0, 0.1) is 0 Å². The fraction of sp³-hybridized carbons (Fsp3) is 0.320. The molecule has 34 heavy (non-hydrogen) atoms. The van der Waals surface area contributed by atoms with Crippen molar-refractivity contribution in [2.24, 2.45) is 0 Å². The molecule has 3 rings (SSSR count). The molecule has 0 radical (unpaired) electrons. The first-order valence-electron chi connectivity index (χ1n) is 11.1. The third kappa shape index (κ3) is 5.67. The summed E-state index contributed by atoms with van der Waals surface area (Å²) in [5.74, 6) is 1.12. The number of anilines is 1. The molecule has 0 atom stereocenters. The van der Waals surface area contributed by atoms with Crippen molar-refractivity contribution in [2.75, 3.05) is 32.6 Å². The number of imidazole rings is 1. The molecule has 1 heterocycles. The highest BCUT2D eigenvalue weighted by molar-refractivity contribution is 5.93. The number of rotatable bonds is 9. The van der Waals surface area contributed by atoms with Gasteiger partial charge in [0.25, 0.3) is 0 Å². The van der Waals surface area contributed by atoms with E-state index in [9.17, 15) is 9.59 Å². The van der Waals surface area contributed by atoms with Crippen LogP contribution in [-0.4, -0.2) is 59.7 Å². The maximum absolute atomic E-state index is 13.0. The zero-order valence-corrected chi connectivity index (χ0v) is 20.2. The van der Waals surface area contributed by atoms with E-state index in [1.54, 1.807) is 30.9 Å². The number of nitrogens with one attached hydrogen (secondary N) is 2. The van der Waals surface area contributed by atoms with Crippen LogP contribution in [0.4, 0.5) is 10.7 Å². The Morgan fingerprint density at radius 3 is 2.38 bits per heavy atom. The predicted octanol–water partition coefficient (Wildman–Crippen LogP) is 3.93. The summed E-state index contributed by atoms with van der Waals surface area (Å²) in [7, 11) is 3.14. The van der Waals surface area contributed by atoms with Crippen molar-refractivity contribution in [1.29, 1.82) is 0 Å². The van der Waals surface area contributed by atoms with Gasteiger partial charge in [-0.25, -0.2) is 9.78 Å². The Labute approximate surface area is 199 Å². The third-order valence-electron chi connectivity index (χ3n) is 5.20.